The molecule has 0 aliphatic heterocycles. The van der Waals surface area contributed by atoms with Crippen molar-refractivity contribution in [2.75, 3.05) is 0 Å². The molecule has 0 saturated heterocycles. The molecule has 5 nitrogen and oxygen atoms in total. The molecule has 124 valence electrons. The second-order valence-electron chi connectivity index (χ2n) is 7.08. The highest BCUT2D eigenvalue weighted by atomic mass is 16.1. The van der Waals surface area contributed by atoms with E-state index < -0.39 is 0 Å². The molecule has 0 radical (unpaired) electrons. The maximum absolute atomic E-state index is 12.3. The Morgan fingerprint density at radius 1 is 1.32 bits per heavy atom. The molecule has 1 fully saturated rings. The Morgan fingerprint density at radius 2 is 1.95 bits per heavy atom. The van der Waals surface area contributed by atoms with Crippen LogP contribution in [0.2, 0.25) is 0 Å². The minimum absolute atomic E-state index is 0.107. The van der Waals surface area contributed by atoms with Crippen molar-refractivity contribution in [3.63, 3.8) is 0 Å². The van der Waals surface area contributed by atoms with Gasteiger partial charge in [0.2, 0.25) is 5.91 Å². The van der Waals surface area contributed by atoms with E-state index in [1.807, 2.05) is 11.6 Å². The van der Waals surface area contributed by atoms with Crippen molar-refractivity contribution in [1.29, 1.82) is 0 Å². The third-order valence-electron chi connectivity index (χ3n) is 4.54. The predicted molar refractivity (Wildman–Crippen MR) is 88.6 cm³/mol. The summed E-state index contributed by atoms with van der Waals surface area (Å²) in [6.45, 7) is 9.30. The Labute approximate surface area is 133 Å². The minimum atomic E-state index is 0.107. The molecule has 1 aromatic rings. The zero-order chi connectivity index (χ0) is 16.3. The van der Waals surface area contributed by atoms with Crippen LogP contribution in [-0.4, -0.2) is 27.8 Å². The molecule has 1 saturated carbocycles. The average Bonchev–Trinajstić information content (AvgIpc) is 2.68. The fourth-order valence-electron chi connectivity index (χ4n) is 3.22. The summed E-state index contributed by atoms with van der Waals surface area (Å²) in [5, 5.41) is 7.74. The van der Waals surface area contributed by atoms with Crippen LogP contribution in [-0.2, 0) is 17.8 Å². The standard InChI is InChI=1S/C17H30N4O/c1-11(2)10-21-13(4)16(12(3)20-21)9-17(22)19-15-7-5-14(18)6-8-15/h11,14-15H,5-10,18H2,1-4H3,(H,19,22). The Morgan fingerprint density at radius 3 is 2.55 bits per heavy atom. The molecule has 0 atom stereocenters. The van der Waals surface area contributed by atoms with Crippen molar-refractivity contribution < 1.29 is 4.79 Å². The first-order valence-electron chi connectivity index (χ1n) is 8.44. The maximum Gasteiger partial charge on any atom is 0.224 e. The fraction of sp³-hybridized carbons (Fsp3) is 0.765. The second kappa shape index (κ2) is 7.27. The van der Waals surface area contributed by atoms with Crippen LogP contribution in [0.25, 0.3) is 0 Å². The number of aryl methyl sites for hydroxylation is 1. The summed E-state index contributed by atoms with van der Waals surface area (Å²) in [5.74, 6) is 0.655. The van der Waals surface area contributed by atoms with E-state index in [-0.39, 0.29) is 5.91 Å². The van der Waals surface area contributed by atoms with Crippen LogP contribution in [0.5, 0.6) is 0 Å². The van der Waals surface area contributed by atoms with E-state index in [0.717, 1.165) is 49.2 Å². The molecule has 0 unspecified atom stereocenters. The van der Waals surface area contributed by atoms with Crippen molar-refractivity contribution in [2.24, 2.45) is 11.7 Å². The fourth-order valence-corrected chi connectivity index (χ4v) is 3.22. The third-order valence-corrected chi connectivity index (χ3v) is 4.54. The lowest BCUT2D eigenvalue weighted by Crippen LogP contribution is -2.41. The summed E-state index contributed by atoms with van der Waals surface area (Å²) in [6.07, 6.45) is 4.44. The highest BCUT2D eigenvalue weighted by Gasteiger charge is 2.21. The lowest BCUT2D eigenvalue weighted by molar-refractivity contribution is -0.121. The van der Waals surface area contributed by atoms with Gasteiger partial charge in [0.1, 0.15) is 0 Å². The maximum atomic E-state index is 12.3. The zero-order valence-corrected chi connectivity index (χ0v) is 14.4. The van der Waals surface area contributed by atoms with Gasteiger partial charge in [-0.1, -0.05) is 13.8 Å². The summed E-state index contributed by atoms with van der Waals surface area (Å²) in [5.41, 5.74) is 9.07. The van der Waals surface area contributed by atoms with E-state index in [1.54, 1.807) is 0 Å². The first kappa shape index (κ1) is 17.0. The molecular weight excluding hydrogens is 276 g/mol. The van der Waals surface area contributed by atoms with Crippen LogP contribution >= 0.6 is 0 Å². The highest BCUT2D eigenvalue weighted by Crippen LogP contribution is 2.18. The Kier molecular flexibility index (Phi) is 5.62. The number of carbonyl (C=O) groups excluding carboxylic acids is 1. The van der Waals surface area contributed by atoms with Gasteiger partial charge < -0.3 is 11.1 Å². The van der Waals surface area contributed by atoms with Crippen molar-refractivity contribution in [2.45, 2.75) is 78.4 Å². The molecule has 0 aromatic carbocycles. The summed E-state index contributed by atoms with van der Waals surface area (Å²) >= 11 is 0. The van der Waals surface area contributed by atoms with Crippen LogP contribution in [0.4, 0.5) is 0 Å². The number of nitrogens with two attached hydrogens (primary N) is 1. The molecule has 5 heteroatoms. The van der Waals surface area contributed by atoms with Crippen LogP contribution in [0.3, 0.4) is 0 Å². The van der Waals surface area contributed by atoms with Gasteiger partial charge in [-0.25, -0.2) is 0 Å². The van der Waals surface area contributed by atoms with Crippen molar-refractivity contribution in [1.82, 2.24) is 15.1 Å². The Bertz CT molecular complexity index is 513. The lowest BCUT2D eigenvalue weighted by atomic mass is 9.91. The molecule has 1 aliphatic rings. The summed E-state index contributed by atoms with van der Waals surface area (Å²) < 4.78 is 2.03. The number of carbonyl (C=O) groups is 1. The molecular formula is C17H30N4O. The molecule has 1 heterocycles. The molecule has 1 aromatic heterocycles. The smallest absolute Gasteiger partial charge is 0.224 e. The van der Waals surface area contributed by atoms with Gasteiger partial charge in [-0.15, -0.1) is 0 Å². The SMILES string of the molecule is Cc1nn(CC(C)C)c(C)c1CC(=O)NC1CCC(N)CC1. The van der Waals surface area contributed by atoms with Crippen molar-refractivity contribution >= 4 is 5.91 Å². The quantitative estimate of drug-likeness (QED) is 0.875. The summed E-state index contributed by atoms with van der Waals surface area (Å²) in [6, 6.07) is 0.602. The number of nitrogens with zero attached hydrogens (tertiary/aromatic N) is 2. The van der Waals surface area contributed by atoms with Crippen LogP contribution in [0.15, 0.2) is 0 Å². The Balaban J connectivity index is 1.95. The molecule has 0 bridgehead atoms. The molecule has 0 spiro atoms. The van der Waals surface area contributed by atoms with Crippen LogP contribution in [0.1, 0.15) is 56.5 Å². The van der Waals surface area contributed by atoms with E-state index in [9.17, 15) is 4.79 Å². The monoisotopic (exact) mass is 306 g/mol. The molecule has 1 amide bonds. The van der Waals surface area contributed by atoms with Gasteiger partial charge in [0.05, 0.1) is 12.1 Å². The Hall–Kier alpha value is -1.36. The zero-order valence-electron chi connectivity index (χ0n) is 14.4. The molecule has 3 N–H and O–H groups in total. The van der Waals surface area contributed by atoms with Gasteiger partial charge >= 0.3 is 0 Å². The van der Waals surface area contributed by atoms with E-state index in [1.165, 1.54) is 0 Å². The number of hydrogen-bond acceptors (Lipinski definition) is 3. The van der Waals surface area contributed by atoms with E-state index in [2.05, 4.69) is 31.2 Å². The van der Waals surface area contributed by atoms with Gasteiger partial charge in [-0.2, -0.15) is 5.10 Å². The van der Waals surface area contributed by atoms with E-state index >= 15 is 0 Å². The van der Waals surface area contributed by atoms with Gasteiger partial charge in [0, 0.05) is 29.9 Å². The first-order chi connectivity index (χ1) is 10.4. The van der Waals surface area contributed by atoms with Gasteiger partial charge in [-0.05, 0) is 45.4 Å². The highest BCUT2D eigenvalue weighted by molar-refractivity contribution is 5.79. The van der Waals surface area contributed by atoms with Crippen LogP contribution < -0.4 is 11.1 Å². The van der Waals surface area contributed by atoms with Gasteiger partial charge in [-0.3, -0.25) is 9.48 Å². The first-order valence-corrected chi connectivity index (χ1v) is 8.44. The van der Waals surface area contributed by atoms with Crippen molar-refractivity contribution in [3.8, 4) is 0 Å². The number of aromatic nitrogens is 2. The second-order valence-corrected chi connectivity index (χ2v) is 7.08. The van der Waals surface area contributed by atoms with Crippen molar-refractivity contribution in [3.05, 3.63) is 17.0 Å². The number of nitrogens with one attached hydrogen (secondary N) is 1. The van der Waals surface area contributed by atoms with E-state index in [0.29, 0.717) is 24.4 Å². The number of rotatable bonds is 5. The molecule has 22 heavy (non-hydrogen) atoms. The van der Waals surface area contributed by atoms with Crippen LogP contribution in [0, 0.1) is 19.8 Å². The third kappa shape index (κ3) is 4.32. The molecule has 2 rings (SSSR count). The van der Waals surface area contributed by atoms with Gasteiger partial charge in [0.25, 0.3) is 0 Å². The number of hydrogen-bond donors (Lipinski definition) is 2. The predicted octanol–water partition coefficient (Wildman–Crippen LogP) is 2.08. The normalized spacial score (nSPS) is 22.1. The molecule has 1 aliphatic carbocycles. The summed E-state index contributed by atoms with van der Waals surface area (Å²) in [4.78, 5) is 12.3. The number of amides is 1. The summed E-state index contributed by atoms with van der Waals surface area (Å²) in [7, 11) is 0. The largest absolute Gasteiger partial charge is 0.353 e. The lowest BCUT2D eigenvalue weighted by Gasteiger charge is -2.26. The topological polar surface area (TPSA) is 72.9 Å². The van der Waals surface area contributed by atoms with E-state index in [4.69, 9.17) is 5.73 Å². The minimum Gasteiger partial charge on any atom is -0.353 e. The van der Waals surface area contributed by atoms with Gasteiger partial charge in [0.15, 0.2) is 0 Å². The average molecular weight is 306 g/mol.